The Hall–Kier alpha value is -2.42. The van der Waals surface area contributed by atoms with Crippen molar-refractivity contribution >= 4 is 23.0 Å². The highest BCUT2D eigenvalue weighted by Crippen LogP contribution is 2.24. The Kier molecular flexibility index (Phi) is 7.02. The number of nitrogens with zero attached hydrogens (tertiary/aromatic N) is 3. The van der Waals surface area contributed by atoms with Gasteiger partial charge in [0.15, 0.2) is 5.96 Å². The first-order valence-corrected chi connectivity index (χ1v) is 10.0. The molecule has 2 heterocycles. The number of ether oxygens (including phenoxy) is 1. The van der Waals surface area contributed by atoms with Crippen molar-refractivity contribution in [2.45, 2.75) is 39.0 Å². The van der Waals surface area contributed by atoms with Gasteiger partial charge in [-0.25, -0.2) is 4.98 Å². The number of aryl methyl sites for hydroxylation is 1. The molecule has 0 radical (unpaired) electrons. The Labute approximate surface area is 167 Å². The number of benzene rings is 1. The third kappa shape index (κ3) is 5.79. The topological polar surface area (TPSA) is 61.8 Å². The molecule has 28 heavy (non-hydrogen) atoms. The minimum Gasteiger partial charge on any atom is -0.435 e. The van der Waals surface area contributed by atoms with Gasteiger partial charge in [0, 0.05) is 42.9 Å². The number of hydrogen-bond acceptors (Lipinski definition) is 5. The van der Waals surface area contributed by atoms with Crippen molar-refractivity contribution in [1.82, 2.24) is 15.6 Å². The number of piperidine rings is 1. The van der Waals surface area contributed by atoms with Gasteiger partial charge in [-0.3, -0.25) is 4.99 Å². The molecule has 0 amide bonds. The van der Waals surface area contributed by atoms with Crippen molar-refractivity contribution in [3.63, 3.8) is 0 Å². The molecule has 1 fully saturated rings. The molecule has 1 atom stereocenters. The Bertz CT molecular complexity index is 781. The second-order valence-electron chi connectivity index (χ2n) is 6.59. The van der Waals surface area contributed by atoms with Crippen molar-refractivity contribution in [1.29, 1.82) is 0 Å². The van der Waals surface area contributed by atoms with Crippen molar-refractivity contribution in [3.05, 3.63) is 40.3 Å². The fraction of sp³-hybridized carbons (Fsp3) is 0.474. The van der Waals surface area contributed by atoms with E-state index in [1.54, 1.807) is 30.5 Å². The highest BCUT2D eigenvalue weighted by Gasteiger charge is 2.21. The molecule has 0 spiro atoms. The number of aliphatic imine (C=N–C) groups is 1. The Morgan fingerprint density at radius 2 is 2.18 bits per heavy atom. The second kappa shape index (κ2) is 9.68. The Morgan fingerprint density at radius 3 is 2.82 bits per heavy atom. The van der Waals surface area contributed by atoms with Gasteiger partial charge in [0.2, 0.25) is 0 Å². The molecule has 0 bridgehead atoms. The lowest BCUT2D eigenvalue weighted by Gasteiger charge is -2.35. The van der Waals surface area contributed by atoms with E-state index in [9.17, 15) is 8.78 Å². The van der Waals surface area contributed by atoms with Crippen LogP contribution in [0.4, 0.5) is 14.5 Å². The smallest absolute Gasteiger partial charge is 0.387 e. The van der Waals surface area contributed by atoms with Crippen LogP contribution >= 0.6 is 11.3 Å². The van der Waals surface area contributed by atoms with Crippen LogP contribution in [0.15, 0.2) is 35.5 Å². The van der Waals surface area contributed by atoms with Gasteiger partial charge in [0.1, 0.15) is 10.8 Å². The van der Waals surface area contributed by atoms with Crippen LogP contribution in [0.25, 0.3) is 0 Å². The van der Waals surface area contributed by atoms with E-state index in [0.717, 1.165) is 42.6 Å². The third-order valence-corrected chi connectivity index (χ3v) is 5.40. The quantitative estimate of drug-likeness (QED) is 0.566. The summed E-state index contributed by atoms with van der Waals surface area (Å²) in [6.07, 6.45) is 3.95. The van der Waals surface area contributed by atoms with Crippen LogP contribution in [0.5, 0.6) is 5.75 Å². The van der Waals surface area contributed by atoms with Crippen LogP contribution in [0.1, 0.15) is 22.7 Å². The highest BCUT2D eigenvalue weighted by molar-refractivity contribution is 7.11. The van der Waals surface area contributed by atoms with Crippen LogP contribution in [-0.4, -0.2) is 43.7 Å². The van der Waals surface area contributed by atoms with Crippen LogP contribution in [0, 0.1) is 6.92 Å². The van der Waals surface area contributed by atoms with E-state index in [1.807, 2.05) is 25.3 Å². The van der Waals surface area contributed by atoms with Crippen LogP contribution in [0.3, 0.4) is 0 Å². The molecular formula is C19H25F2N5OS. The molecule has 1 saturated heterocycles. The van der Waals surface area contributed by atoms with Crippen LogP contribution in [-0.2, 0) is 6.54 Å². The summed E-state index contributed by atoms with van der Waals surface area (Å²) in [5.74, 6) is 0.924. The SMILES string of the molecule is CN=C(NCc1ncc(C)s1)NC1CCCN(c2ccc(OC(F)F)cc2)C1. The third-order valence-electron chi connectivity index (χ3n) is 4.49. The first-order chi connectivity index (χ1) is 13.5. The number of nitrogens with one attached hydrogen (secondary N) is 2. The zero-order chi connectivity index (χ0) is 19.9. The van der Waals surface area contributed by atoms with Crippen molar-refractivity contribution in [3.8, 4) is 5.75 Å². The molecule has 6 nitrogen and oxygen atoms in total. The average Bonchev–Trinajstić information content (AvgIpc) is 3.10. The standard InChI is InChI=1S/C19H25F2N5OS/c1-13-10-23-17(28-13)11-24-19(22-2)25-14-4-3-9-26(12-14)15-5-7-16(8-6-15)27-18(20)21/h5-8,10,14,18H,3-4,9,11-12H2,1-2H3,(H2,22,24,25). The number of hydrogen-bond donors (Lipinski definition) is 2. The lowest BCUT2D eigenvalue weighted by atomic mass is 10.0. The van der Waals surface area contributed by atoms with Gasteiger partial charge in [-0.2, -0.15) is 8.78 Å². The lowest BCUT2D eigenvalue weighted by Crippen LogP contribution is -2.51. The monoisotopic (exact) mass is 409 g/mol. The number of halogens is 2. The summed E-state index contributed by atoms with van der Waals surface area (Å²) in [6, 6.07) is 7.04. The first-order valence-electron chi connectivity index (χ1n) is 9.22. The highest BCUT2D eigenvalue weighted by atomic mass is 32.1. The molecule has 1 aliphatic heterocycles. The van der Waals surface area contributed by atoms with Gasteiger partial charge in [-0.05, 0) is 44.0 Å². The van der Waals surface area contributed by atoms with Gasteiger partial charge in [-0.15, -0.1) is 11.3 Å². The fourth-order valence-corrected chi connectivity index (χ4v) is 3.93. The molecule has 9 heteroatoms. The zero-order valence-electron chi connectivity index (χ0n) is 16.0. The van der Waals surface area contributed by atoms with Crippen LogP contribution in [0.2, 0.25) is 0 Å². The maximum Gasteiger partial charge on any atom is 0.387 e. The minimum absolute atomic E-state index is 0.174. The maximum absolute atomic E-state index is 12.3. The van der Waals surface area contributed by atoms with E-state index in [1.165, 1.54) is 4.88 Å². The Morgan fingerprint density at radius 1 is 1.39 bits per heavy atom. The summed E-state index contributed by atoms with van der Waals surface area (Å²) >= 11 is 1.67. The first kappa shape index (κ1) is 20.3. The van der Waals surface area contributed by atoms with E-state index < -0.39 is 6.61 Å². The molecule has 1 aliphatic rings. The zero-order valence-corrected chi connectivity index (χ0v) is 16.8. The molecule has 3 rings (SSSR count). The molecule has 1 aromatic heterocycles. The van der Waals surface area contributed by atoms with Gasteiger partial charge in [-0.1, -0.05) is 0 Å². The molecule has 0 saturated carbocycles. The number of thiazole rings is 1. The van der Waals surface area contributed by atoms with E-state index in [2.05, 4.69) is 30.2 Å². The number of anilines is 1. The summed E-state index contributed by atoms with van der Waals surface area (Å²) in [6.45, 7) is 1.61. The van der Waals surface area contributed by atoms with E-state index in [0.29, 0.717) is 6.54 Å². The van der Waals surface area contributed by atoms with Gasteiger partial charge >= 0.3 is 6.61 Å². The molecule has 0 aliphatic carbocycles. The van der Waals surface area contributed by atoms with Crippen molar-refractivity contribution < 1.29 is 13.5 Å². The number of guanidine groups is 1. The number of rotatable bonds is 6. The van der Waals surface area contributed by atoms with E-state index in [-0.39, 0.29) is 11.8 Å². The summed E-state index contributed by atoms with van der Waals surface area (Å²) in [5, 5.41) is 7.80. The summed E-state index contributed by atoms with van der Waals surface area (Å²) in [5.41, 5.74) is 0.995. The Balaban J connectivity index is 1.53. The van der Waals surface area contributed by atoms with Crippen LogP contribution < -0.4 is 20.3 Å². The average molecular weight is 410 g/mol. The summed E-state index contributed by atoms with van der Waals surface area (Å²) in [7, 11) is 1.75. The van der Waals surface area contributed by atoms with Gasteiger partial charge in [0.05, 0.1) is 6.54 Å². The van der Waals surface area contributed by atoms with Crippen molar-refractivity contribution in [2.75, 3.05) is 25.0 Å². The minimum atomic E-state index is -2.80. The largest absolute Gasteiger partial charge is 0.435 e. The molecule has 2 aromatic rings. The fourth-order valence-electron chi connectivity index (χ4n) is 3.20. The predicted molar refractivity (Wildman–Crippen MR) is 108 cm³/mol. The van der Waals surface area contributed by atoms with Gasteiger partial charge in [0.25, 0.3) is 0 Å². The predicted octanol–water partition coefficient (Wildman–Crippen LogP) is 3.39. The molecule has 152 valence electrons. The van der Waals surface area contributed by atoms with Gasteiger partial charge < -0.3 is 20.3 Å². The number of aromatic nitrogens is 1. The molecule has 1 aromatic carbocycles. The van der Waals surface area contributed by atoms with E-state index >= 15 is 0 Å². The molecule has 2 N–H and O–H groups in total. The molecule has 1 unspecified atom stereocenters. The molecular weight excluding hydrogens is 384 g/mol. The normalized spacial score (nSPS) is 17.7. The maximum atomic E-state index is 12.3. The van der Waals surface area contributed by atoms with E-state index in [4.69, 9.17) is 0 Å². The number of alkyl halides is 2. The summed E-state index contributed by atoms with van der Waals surface area (Å²) < 4.78 is 29.0. The lowest BCUT2D eigenvalue weighted by molar-refractivity contribution is -0.0498. The second-order valence-corrected chi connectivity index (χ2v) is 7.91. The van der Waals surface area contributed by atoms with Crippen molar-refractivity contribution in [2.24, 2.45) is 4.99 Å². The summed E-state index contributed by atoms with van der Waals surface area (Å²) in [4.78, 5) is 12.1.